The number of nitriles is 1. The molecule has 0 radical (unpaired) electrons. The van der Waals surface area contributed by atoms with Gasteiger partial charge in [-0.3, -0.25) is 0 Å². The van der Waals surface area contributed by atoms with Crippen LogP contribution in [0.5, 0.6) is 0 Å². The average molecular weight is 284 g/mol. The maximum atomic E-state index is 11.7. The molecule has 1 aliphatic heterocycles. The summed E-state index contributed by atoms with van der Waals surface area (Å²) in [6.07, 6.45) is 2.06. The Labute approximate surface area is 122 Å². The second-order valence-corrected chi connectivity index (χ2v) is 5.15. The van der Waals surface area contributed by atoms with Crippen LogP contribution in [0.15, 0.2) is 24.3 Å². The molecule has 1 aliphatic rings. The molecule has 21 heavy (non-hydrogen) atoms. The number of carbonyl (C=O) groups is 1. The van der Waals surface area contributed by atoms with E-state index in [4.69, 9.17) is 14.7 Å². The minimum absolute atomic E-state index is 0.235. The number of fused-ring (bicyclic) bond motifs is 1. The highest BCUT2D eigenvalue weighted by molar-refractivity contribution is 5.95. The summed E-state index contributed by atoms with van der Waals surface area (Å²) in [5, 5.41) is 9.40. The molecule has 2 heterocycles. The predicted molar refractivity (Wildman–Crippen MR) is 77.0 cm³/mol. The van der Waals surface area contributed by atoms with Crippen LogP contribution in [0, 0.1) is 11.3 Å². The summed E-state index contributed by atoms with van der Waals surface area (Å²) in [4.78, 5) is 14.8. The molecule has 1 aromatic carbocycles. The fraction of sp³-hybridized carbons (Fsp3) is 0.375. The Morgan fingerprint density at radius 3 is 2.95 bits per heavy atom. The third kappa shape index (κ3) is 2.91. The molecule has 0 aliphatic carbocycles. The maximum Gasteiger partial charge on any atom is 0.355 e. The number of carbonyl (C=O) groups excluding carboxylic acids is 1. The van der Waals surface area contributed by atoms with E-state index in [2.05, 4.69) is 17.1 Å². The fourth-order valence-electron chi connectivity index (χ4n) is 2.72. The highest BCUT2D eigenvalue weighted by Gasteiger charge is 2.17. The summed E-state index contributed by atoms with van der Waals surface area (Å²) in [5.41, 5.74) is 2.57. The number of esters is 1. The first-order valence-electron chi connectivity index (χ1n) is 7.02. The predicted octanol–water partition coefficient (Wildman–Crippen LogP) is 2.74. The van der Waals surface area contributed by atoms with Gasteiger partial charge >= 0.3 is 5.97 Å². The molecule has 0 atom stereocenters. The van der Waals surface area contributed by atoms with Crippen LogP contribution in [0.2, 0.25) is 0 Å². The quantitative estimate of drug-likeness (QED) is 0.879. The summed E-state index contributed by atoms with van der Waals surface area (Å²) < 4.78 is 10.2. The van der Waals surface area contributed by atoms with E-state index in [-0.39, 0.29) is 6.61 Å². The van der Waals surface area contributed by atoms with Gasteiger partial charge in [0.1, 0.15) is 11.8 Å². The molecule has 0 amide bonds. The van der Waals surface area contributed by atoms with Crippen molar-refractivity contribution in [3.05, 3.63) is 35.5 Å². The lowest BCUT2D eigenvalue weighted by Crippen LogP contribution is -2.13. The molecule has 108 valence electrons. The molecule has 0 unspecified atom stereocenters. The number of aromatic amines is 1. The topological polar surface area (TPSA) is 75.1 Å². The summed E-state index contributed by atoms with van der Waals surface area (Å²) in [6.45, 7) is 1.37. The first-order chi connectivity index (χ1) is 10.3. The van der Waals surface area contributed by atoms with Gasteiger partial charge in [0.15, 0.2) is 6.61 Å². The van der Waals surface area contributed by atoms with Crippen molar-refractivity contribution in [1.82, 2.24) is 4.98 Å². The summed E-state index contributed by atoms with van der Waals surface area (Å²) in [6, 6.07) is 9.75. The van der Waals surface area contributed by atoms with Crippen molar-refractivity contribution in [2.24, 2.45) is 0 Å². The van der Waals surface area contributed by atoms with Gasteiger partial charge in [0, 0.05) is 24.1 Å². The molecule has 1 fully saturated rings. The molecule has 1 saturated heterocycles. The van der Waals surface area contributed by atoms with Crippen molar-refractivity contribution >= 4 is 16.9 Å². The zero-order valence-corrected chi connectivity index (χ0v) is 11.6. The van der Waals surface area contributed by atoms with Crippen molar-refractivity contribution in [1.29, 1.82) is 5.26 Å². The number of benzene rings is 1. The van der Waals surface area contributed by atoms with Gasteiger partial charge in [0.05, 0.1) is 0 Å². The second kappa shape index (κ2) is 5.98. The van der Waals surface area contributed by atoms with Crippen molar-refractivity contribution in [2.75, 3.05) is 19.8 Å². The van der Waals surface area contributed by atoms with Crippen LogP contribution < -0.4 is 0 Å². The second-order valence-electron chi connectivity index (χ2n) is 5.15. The largest absolute Gasteiger partial charge is 0.446 e. The summed E-state index contributed by atoms with van der Waals surface area (Å²) >= 11 is 0. The minimum atomic E-state index is -0.500. The normalized spacial score (nSPS) is 15.8. The van der Waals surface area contributed by atoms with Gasteiger partial charge in [-0.25, -0.2) is 4.79 Å². The molecule has 1 N–H and O–H groups in total. The number of H-pyrrole nitrogens is 1. The van der Waals surface area contributed by atoms with Crippen LogP contribution in [0.3, 0.4) is 0 Å². The third-order valence-electron chi connectivity index (χ3n) is 3.83. The Kier molecular flexibility index (Phi) is 3.89. The van der Waals surface area contributed by atoms with Gasteiger partial charge in [0.2, 0.25) is 0 Å². The van der Waals surface area contributed by atoms with E-state index in [1.807, 2.05) is 6.07 Å². The van der Waals surface area contributed by atoms with Crippen LogP contribution in [-0.2, 0) is 9.47 Å². The van der Waals surface area contributed by atoms with Crippen molar-refractivity contribution in [3.8, 4) is 6.07 Å². The Hall–Kier alpha value is -2.32. The van der Waals surface area contributed by atoms with Crippen LogP contribution in [0.1, 0.15) is 34.8 Å². The number of aromatic nitrogens is 1. The molecule has 0 bridgehead atoms. The number of hydrogen-bond donors (Lipinski definition) is 1. The van der Waals surface area contributed by atoms with Gasteiger partial charge < -0.3 is 14.5 Å². The van der Waals surface area contributed by atoms with Gasteiger partial charge in [-0.1, -0.05) is 12.1 Å². The molecule has 0 spiro atoms. The van der Waals surface area contributed by atoms with Crippen molar-refractivity contribution in [2.45, 2.75) is 18.8 Å². The molecule has 2 aromatic rings. The Balaban J connectivity index is 1.84. The van der Waals surface area contributed by atoms with E-state index in [0.717, 1.165) is 37.0 Å². The van der Waals surface area contributed by atoms with Crippen LogP contribution in [0.25, 0.3) is 10.9 Å². The molecular formula is C16H16N2O3. The molecule has 3 rings (SSSR count). The SMILES string of the molecule is N#CCOC(=O)c1cc2ccc(C3CCOCC3)cc2[nH]1. The summed E-state index contributed by atoms with van der Waals surface area (Å²) in [7, 11) is 0. The zero-order valence-electron chi connectivity index (χ0n) is 11.6. The Bertz CT molecular complexity index is 693. The standard InChI is InChI=1S/C16H16N2O3/c17-5-8-21-16(19)15-10-13-2-1-12(9-14(13)18-15)11-3-6-20-7-4-11/h1-2,9-11,18H,3-4,6-8H2. The Morgan fingerprint density at radius 2 is 2.19 bits per heavy atom. The van der Waals surface area contributed by atoms with Crippen LogP contribution >= 0.6 is 0 Å². The molecule has 5 heteroatoms. The van der Waals surface area contributed by atoms with Crippen LogP contribution in [0.4, 0.5) is 0 Å². The van der Waals surface area contributed by atoms with Gasteiger partial charge in [-0.05, 0) is 36.5 Å². The highest BCUT2D eigenvalue weighted by atomic mass is 16.5. The smallest absolute Gasteiger partial charge is 0.355 e. The molecule has 0 saturated carbocycles. The van der Waals surface area contributed by atoms with Gasteiger partial charge in [-0.15, -0.1) is 0 Å². The first-order valence-corrected chi connectivity index (χ1v) is 7.02. The van der Waals surface area contributed by atoms with Crippen molar-refractivity contribution in [3.63, 3.8) is 0 Å². The zero-order chi connectivity index (χ0) is 14.7. The number of ether oxygens (including phenoxy) is 2. The molecular weight excluding hydrogens is 268 g/mol. The lowest BCUT2D eigenvalue weighted by molar-refractivity contribution is 0.0549. The number of nitrogens with zero attached hydrogens (tertiary/aromatic N) is 1. The van der Waals surface area contributed by atoms with Gasteiger partial charge in [-0.2, -0.15) is 5.26 Å². The van der Waals surface area contributed by atoms with E-state index < -0.39 is 5.97 Å². The van der Waals surface area contributed by atoms with E-state index in [9.17, 15) is 4.79 Å². The average Bonchev–Trinajstić information content (AvgIpc) is 2.96. The number of rotatable bonds is 3. The lowest BCUT2D eigenvalue weighted by atomic mass is 9.91. The maximum absolute atomic E-state index is 11.7. The number of hydrogen-bond acceptors (Lipinski definition) is 4. The van der Waals surface area contributed by atoms with Crippen molar-refractivity contribution < 1.29 is 14.3 Å². The van der Waals surface area contributed by atoms with E-state index >= 15 is 0 Å². The monoisotopic (exact) mass is 284 g/mol. The third-order valence-corrected chi connectivity index (χ3v) is 3.83. The van der Waals surface area contributed by atoms with E-state index in [0.29, 0.717) is 11.6 Å². The minimum Gasteiger partial charge on any atom is -0.446 e. The van der Waals surface area contributed by atoms with Gasteiger partial charge in [0.25, 0.3) is 0 Å². The first kappa shape index (κ1) is 13.7. The highest BCUT2D eigenvalue weighted by Crippen LogP contribution is 2.29. The molecule has 1 aromatic heterocycles. The Morgan fingerprint density at radius 1 is 1.38 bits per heavy atom. The van der Waals surface area contributed by atoms with Crippen LogP contribution in [-0.4, -0.2) is 30.8 Å². The van der Waals surface area contributed by atoms with E-state index in [1.165, 1.54) is 5.56 Å². The van der Waals surface area contributed by atoms with E-state index in [1.54, 1.807) is 12.1 Å². The molecule has 5 nitrogen and oxygen atoms in total. The lowest BCUT2D eigenvalue weighted by Gasteiger charge is -2.22. The fourth-order valence-corrected chi connectivity index (χ4v) is 2.72. The summed E-state index contributed by atoms with van der Waals surface area (Å²) in [5.74, 6) is 0.0146. The number of nitrogens with one attached hydrogen (secondary N) is 1.